The summed E-state index contributed by atoms with van der Waals surface area (Å²) in [4.78, 5) is 12.6. The molecule has 4 heteroatoms. The molecule has 1 aliphatic rings. The van der Waals surface area contributed by atoms with Crippen LogP contribution in [0.4, 0.5) is 0 Å². The van der Waals surface area contributed by atoms with Gasteiger partial charge in [-0.15, -0.1) is 0 Å². The van der Waals surface area contributed by atoms with E-state index in [1.807, 2.05) is 30.3 Å². The van der Waals surface area contributed by atoms with Crippen LogP contribution in [-0.4, -0.2) is 19.0 Å². The molecule has 0 radical (unpaired) electrons. The van der Waals surface area contributed by atoms with E-state index in [1.54, 1.807) is 19.2 Å². The highest BCUT2D eigenvalue weighted by atomic mass is 79.9. The van der Waals surface area contributed by atoms with Crippen molar-refractivity contribution in [2.75, 3.05) is 7.11 Å². The lowest BCUT2D eigenvalue weighted by molar-refractivity contribution is 0.103. The molecule has 0 bridgehead atoms. The molecule has 0 amide bonds. The number of carbonyl (C=O) groups excluding carboxylic acids is 1. The van der Waals surface area contributed by atoms with E-state index < -0.39 is 0 Å². The van der Waals surface area contributed by atoms with Crippen LogP contribution in [0.2, 0.25) is 0 Å². The molecule has 23 heavy (non-hydrogen) atoms. The van der Waals surface area contributed by atoms with Crippen molar-refractivity contribution < 1.29 is 14.3 Å². The summed E-state index contributed by atoms with van der Waals surface area (Å²) in [6, 6.07) is 12.7. The number of benzene rings is 2. The molecule has 1 saturated carbocycles. The molecule has 0 saturated heterocycles. The van der Waals surface area contributed by atoms with Crippen molar-refractivity contribution in [3.63, 3.8) is 0 Å². The average molecular weight is 375 g/mol. The van der Waals surface area contributed by atoms with Gasteiger partial charge in [-0.2, -0.15) is 0 Å². The molecular formula is C19H19BrO3. The van der Waals surface area contributed by atoms with E-state index in [0.717, 1.165) is 17.3 Å². The monoisotopic (exact) mass is 374 g/mol. The van der Waals surface area contributed by atoms with E-state index in [4.69, 9.17) is 9.47 Å². The third-order valence-electron chi connectivity index (χ3n) is 4.13. The van der Waals surface area contributed by atoms with Crippen LogP contribution in [0.3, 0.4) is 0 Å². The Kier molecular flexibility index (Phi) is 5.01. The largest absolute Gasteiger partial charge is 0.493 e. The van der Waals surface area contributed by atoms with E-state index in [-0.39, 0.29) is 11.9 Å². The van der Waals surface area contributed by atoms with Gasteiger partial charge in [0.1, 0.15) is 0 Å². The Hall–Kier alpha value is -1.81. The van der Waals surface area contributed by atoms with Gasteiger partial charge in [0.25, 0.3) is 0 Å². The summed E-state index contributed by atoms with van der Waals surface area (Å²) in [5.41, 5.74) is 1.25. The van der Waals surface area contributed by atoms with Gasteiger partial charge in [-0.05, 0) is 68.1 Å². The van der Waals surface area contributed by atoms with Crippen LogP contribution in [0.25, 0.3) is 0 Å². The summed E-state index contributed by atoms with van der Waals surface area (Å²) >= 11 is 3.38. The zero-order chi connectivity index (χ0) is 16.2. The third kappa shape index (κ3) is 3.75. The number of rotatable bonds is 5. The molecule has 0 N–H and O–H groups in total. The summed E-state index contributed by atoms with van der Waals surface area (Å²) in [6.07, 6.45) is 4.86. The summed E-state index contributed by atoms with van der Waals surface area (Å²) in [5.74, 6) is 1.30. The van der Waals surface area contributed by atoms with Crippen molar-refractivity contribution >= 4 is 21.7 Å². The van der Waals surface area contributed by atoms with Crippen LogP contribution in [0.1, 0.15) is 41.6 Å². The second-order valence-corrected chi connectivity index (χ2v) is 6.64. The first kappa shape index (κ1) is 16.1. The first-order chi connectivity index (χ1) is 11.2. The Morgan fingerprint density at radius 1 is 1.00 bits per heavy atom. The highest BCUT2D eigenvalue weighted by Gasteiger charge is 2.19. The number of hydrogen-bond donors (Lipinski definition) is 0. The van der Waals surface area contributed by atoms with Gasteiger partial charge in [0, 0.05) is 15.6 Å². The number of ether oxygens (including phenoxy) is 2. The lowest BCUT2D eigenvalue weighted by Crippen LogP contribution is -2.12. The maximum absolute atomic E-state index is 12.6. The standard InChI is InChI=1S/C19H19BrO3/c1-22-18-12-14(19(21)13-6-9-15(20)10-7-13)8-11-17(18)23-16-4-2-3-5-16/h6-12,16H,2-5H2,1H3. The topological polar surface area (TPSA) is 35.5 Å². The molecule has 1 fully saturated rings. The lowest BCUT2D eigenvalue weighted by atomic mass is 10.0. The van der Waals surface area contributed by atoms with Crippen LogP contribution >= 0.6 is 15.9 Å². The molecule has 0 aromatic heterocycles. The minimum Gasteiger partial charge on any atom is -0.493 e. The molecular weight excluding hydrogens is 356 g/mol. The Bertz CT molecular complexity index is 688. The molecule has 3 nitrogen and oxygen atoms in total. The zero-order valence-corrected chi connectivity index (χ0v) is 14.6. The second-order valence-electron chi connectivity index (χ2n) is 5.73. The SMILES string of the molecule is COc1cc(C(=O)c2ccc(Br)cc2)ccc1OC1CCCC1. The molecule has 0 heterocycles. The predicted molar refractivity (Wildman–Crippen MR) is 93.5 cm³/mol. The minimum atomic E-state index is -0.0248. The van der Waals surface area contributed by atoms with Gasteiger partial charge >= 0.3 is 0 Å². The van der Waals surface area contributed by atoms with E-state index in [1.165, 1.54) is 12.8 Å². The number of halogens is 1. The van der Waals surface area contributed by atoms with Crippen LogP contribution in [0, 0.1) is 0 Å². The third-order valence-corrected chi connectivity index (χ3v) is 4.66. The first-order valence-electron chi connectivity index (χ1n) is 7.82. The minimum absolute atomic E-state index is 0.0248. The van der Waals surface area contributed by atoms with Crippen molar-refractivity contribution in [1.82, 2.24) is 0 Å². The molecule has 3 rings (SSSR count). The van der Waals surface area contributed by atoms with Crippen LogP contribution in [0.5, 0.6) is 11.5 Å². The van der Waals surface area contributed by atoms with Crippen molar-refractivity contribution in [3.05, 3.63) is 58.1 Å². The van der Waals surface area contributed by atoms with Crippen LogP contribution < -0.4 is 9.47 Å². The van der Waals surface area contributed by atoms with Crippen molar-refractivity contribution in [1.29, 1.82) is 0 Å². The van der Waals surface area contributed by atoms with Crippen LogP contribution in [0.15, 0.2) is 46.9 Å². The van der Waals surface area contributed by atoms with E-state index in [0.29, 0.717) is 22.6 Å². The summed E-state index contributed by atoms with van der Waals surface area (Å²) < 4.78 is 12.4. The second kappa shape index (κ2) is 7.18. The predicted octanol–water partition coefficient (Wildman–Crippen LogP) is 5.01. The maximum Gasteiger partial charge on any atom is 0.193 e. The first-order valence-corrected chi connectivity index (χ1v) is 8.61. The molecule has 2 aromatic rings. The molecule has 0 unspecified atom stereocenters. The van der Waals surface area contributed by atoms with Gasteiger partial charge in [0.2, 0.25) is 0 Å². The Morgan fingerprint density at radius 2 is 1.65 bits per heavy atom. The highest BCUT2D eigenvalue weighted by Crippen LogP contribution is 2.33. The lowest BCUT2D eigenvalue weighted by Gasteiger charge is -2.16. The highest BCUT2D eigenvalue weighted by molar-refractivity contribution is 9.10. The number of ketones is 1. The van der Waals surface area contributed by atoms with Crippen molar-refractivity contribution in [3.8, 4) is 11.5 Å². The van der Waals surface area contributed by atoms with Gasteiger partial charge in [0.15, 0.2) is 17.3 Å². The van der Waals surface area contributed by atoms with E-state index >= 15 is 0 Å². The summed E-state index contributed by atoms with van der Waals surface area (Å²) in [5, 5.41) is 0. The molecule has 0 atom stereocenters. The van der Waals surface area contributed by atoms with E-state index in [2.05, 4.69) is 15.9 Å². The molecule has 0 aliphatic heterocycles. The van der Waals surface area contributed by atoms with E-state index in [9.17, 15) is 4.79 Å². The van der Waals surface area contributed by atoms with Crippen molar-refractivity contribution in [2.45, 2.75) is 31.8 Å². The normalized spacial score (nSPS) is 14.7. The van der Waals surface area contributed by atoms with Crippen LogP contribution in [-0.2, 0) is 0 Å². The molecule has 1 aliphatic carbocycles. The number of carbonyl (C=O) groups is 1. The molecule has 0 spiro atoms. The van der Waals surface area contributed by atoms with Gasteiger partial charge in [-0.1, -0.05) is 15.9 Å². The van der Waals surface area contributed by atoms with Crippen molar-refractivity contribution in [2.24, 2.45) is 0 Å². The Labute approximate surface area is 144 Å². The van der Waals surface area contributed by atoms with Gasteiger partial charge in [-0.25, -0.2) is 0 Å². The van der Waals surface area contributed by atoms with Gasteiger partial charge in [-0.3, -0.25) is 4.79 Å². The fraction of sp³-hybridized carbons (Fsp3) is 0.316. The summed E-state index contributed by atoms with van der Waals surface area (Å²) in [7, 11) is 1.60. The molecule has 2 aromatic carbocycles. The Balaban J connectivity index is 1.82. The quantitative estimate of drug-likeness (QED) is 0.690. The summed E-state index contributed by atoms with van der Waals surface area (Å²) in [6.45, 7) is 0. The Morgan fingerprint density at radius 3 is 2.30 bits per heavy atom. The fourth-order valence-corrected chi connectivity index (χ4v) is 3.12. The number of hydrogen-bond acceptors (Lipinski definition) is 3. The van der Waals surface area contributed by atoms with Gasteiger partial charge < -0.3 is 9.47 Å². The maximum atomic E-state index is 12.6. The molecule has 120 valence electrons. The smallest absolute Gasteiger partial charge is 0.193 e. The average Bonchev–Trinajstić information content (AvgIpc) is 3.08. The zero-order valence-electron chi connectivity index (χ0n) is 13.0. The van der Waals surface area contributed by atoms with Gasteiger partial charge in [0.05, 0.1) is 13.2 Å². The fourth-order valence-electron chi connectivity index (χ4n) is 2.86. The number of methoxy groups -OCH3 is 1.